The SMILES string of the molecule is O=C1CCC(N2C(=O)c3cccc(NC4CCC(CNCC5CCC(n6cc(NC(=O)c7ccnc8ccc(N9CCOCC9)nc78)c(C(F)F)n6)CC5)CC4)c3C2=O)C(=O)N1. The number of fused-ring (bicyclic) bond motifs is 2. The highest BCUT2D eigenvalue weighted by molar-refractivity contribution is 6.25. The third-order valence-electron chi connectivity index (χ3n) is 13.1. The average molecular weight is 853 g/mol. The van der Waals surface area contributed by atoms with Gasteiger partial charge >= 0.3 is 0 Å². The van der Waals surface area contributed by atoms with E-state index in [0.717, 1.165) is 69.4 Å². The van der Waals surface area contributed by atoms with E-state index in [4.69, 9.17) is 9.72 Å². The van der Waals surface area contributed by atoms with Gasteiger partial charge in [-0.05, 0) is 113 Å². The van der Waals surface area contributed by atoms with Crippen LogP contribution in [-0.4, -0.2) is 106 Å². The van der Waals surface area contributed by atoms with E-state index in [1.165, 1.54) is 12.4 Å². The zero-order chi connectivity index (χ0) is 42.9. The van der Waals surface area contributed by atoms with Crippen molar-refractivity contribution in [2.24, 2.45) is 11.8 Å². The van der Waals surface area contributed by atoms with E-state index in [1.54, 1.807) is 35.0 Å². The molecular formula is C44H50F2N10O6. The highest BCUT2D eigenvalue weighted by Crippen LogP contribution is 2.37. The van der Waals surface area contributed by atoms with Crippen molar-refractivity contribution >= 4 is 57.8 Å². The average Bonchev–Trinajstić information content (AvgIpc) is 3.82. The molecule has 62 heavy (non-hydrogen) atoms. The molecular weight excluding hydrogens is 803 g/mol. The molecule has 16 nitrogen and oxygen atoms in total. The Bertz CT molecular complexity index is 2370. The molecule has 2 aliphatic carbocycles. The van der Waals surface area contributed by atoms with E-state index in [9.17, 15) is 32.8 Å². The lowest BCUT2D eigenvalue weighted by Crippen LogP contribution is -2.54. The van der Waals surface area contributed by atoms with Crippen molar-refractivity contribution in [2.45, 2.75) is 88.8 Å². The van der Waals surface area contributed by atoms with Gasteiger partial charge in [0.2, 0.25) is 11.8 Å². The minimum atomic E-state index is -2.87. The molecule has 9 rings (SSSR count). The maximum absolute atomic E-state index is 14.3. The number of hydrogen-bond acceptors (Lipinski definition) is 12. The Labute approximate surface area is 356 Å². The molecule has 4 N–H and O–H groups in total. The number of aromatic nitrogens is 4. The van der Waals surface area contributed by atoms with Crippen molar-refractivity contribution in [1.29, 1.82) is 0 Å². The largest absolute Gasteiger partial charge is 0.382 e. The maximum atomic E-state index is 14.3. The number of carbonyl (C=O) groups excluding carboxylic acids is 5. The quantitative estimate of drug-likeness (QED) is 0.136. The minimum absolute atomic E-state index is 0.0132. The van der Waals surface area contributed by atoms with Crippen LogP contribution in [-0.2, 0) is 14.3 Å². The molecule has 3 aromatic heterocycles. The van der Waals surface area contributed by atoms with Crippen molar-refractivity contribution in [2.75, 3.05) is 54.9 Å². The van der Waals surface area contributed by atoms with Gasteiger partial charge in [0.05, 0.1) is 47.2 Å². The summed E-state index contributed by atoms with van der Waals surface area (Å²) >= 11 is 0. The number of alkyl halides is 2. The minimum Gasteiger partial charge on any atom is -0.382 e. The zero-order valence-corrected chi connectivity index (χ0v) is 34.3. The number of nitrogens with one attached hydrogen (secondary N) is 4. The monoisotopic (exact) mass is 852 g/mol. The normalized spacial score (nSPS) is 24.4. The molecule has 6 heterocycles. The summed E-state index contributed by atoms with van der Waals surface area (Å²) in [5.74, 6) is -0.988. The number of hydrogen-bond donors (Lipinski definition) is 4. The second-order valence-corrected chi connectivity index (χ2v) is 17.0. The molecule has 4 fully saturated rings. The zero-order valence-electron chi connectivity index (χ0n) is 34.3. The fourth-order valence-corrected chi connectivity index (χ4v) is 9.68. The van der Waals surface area contributed by atoms with Gasteiger partial charge in [0.15, 0.2) is 5.69 Å². The summed E-state index contributed by atoms with van der Waals surface area (Å²) in [7, 11) is 0. The molecule has 0 bridgehead atoms. The molecule has 5 amide bonds. The molecule has 0 spiro atoms. The van der Waals surface area contributed by atoms with E-state index < -0.39 is 47.7 Å². The summed E-state index contributed by atoms with van der Waals surface area (Å²) in [6, 6.07) is 9.41. The highest BCUT2D eigenvalue weighted by Gasteiger charge is 2.46. The second-order valence-electron chi connectivity index (χ2n) is 17.0. The molecule has 2 saturated carbocycles. The molecule has 4 aromatic rings. The Kier molecular flexibility index (Phi) is 11.9. The van der Waals surface area contributed by atoms with Crippen LogP contribution in [0.1, 0.15) is 113 Å². The van der Waals surface area contributed by atoms with Gasteiger partial charge in [0, 0.05) is 43.6 Å². The molecule has 0 radical (unpaired) electrons. The summed E-state index contributed by atoms with van der Waals surface area (Å²) < 4.78 is 35.6. The van der Waals surface area contributed by atoms with Crippen molar-refractivity contribution < 1.29 is 37.5 Å². The van der Waals surface area contributed by atoms with Gasteiger partial charge in [-0.1, -0.05) is 6.07 Å². The van der Waals surface area contributed by atoms with Gasteiger partial charge in [-0.25, -0.2) is 13.8 Å². The van der Waals surface area contributed by atoms with Crippen molar-refractivity contribution in [3.05, 3.63) is 71.2 Å². The second kappa shape index (κ2) is 17.8. The number of piperidine rings is 1. The smallest absolute Gasteiger partial charge is 0.284 e. The Balaban J connectivity index is 0.740. The van der Waals surface area contributed by atoms with Gasteiger partial charge in [-0.2, -0.15) is 5.10 Å². The number of ether oxygens (including phenoxy) is 1. The number of imide groups is 2. The fourth-order valence-electron chi connectivity index (χ4n) is 9.68. The third kappa shape index (κ3) is 8.49. The molecule has 2 saturated heterocycles. The standard InChI is InChI=1S/C44H50F2N10O6/c45-40(46)39-33(50-41(58)30-16-17-48-32-12-14-35(51-38(30)32)54-18-20-62-21-19-54)24-55(53-39)28-10-6-26(7-11-28)23-47-22-25-4-8-27(9-5-25)49-31-3-1-2-29-37(31)44(61)56(43(29)60)34-13-15-36(57)52-42(34)59/h1-3,12,14,16-17,24-28,34,40,47,49H,4-11,13,15,18-23H2,(H,50,58)(H,52,57,59). The van der Waals surface area contributed by atoms with Crippen LogP contribution in [0.5, 0.6) is 0 Å². The lowest BCUT2D eigenvalue weighted by Gasteiger charge is -2.32. The number of rotatable bonds is 12. The number of morpholine rings is 1. The number of benzene rings is 1. The first-order valence-electron chi connectivity index (χ1n) is 21.7. The van der Waals surface area contributed by atoms with Crippen LogP contribution in [0.4, 0.5) is 26.0 Å². The number of halogens is 2. The summed E-state index contributed by atoms with van der Waals surface area (Å²) in [6.45, 7) is 4.26. The van der Waals surface area contributed by atoms with Gasteiger partial charge in [0.25, 0.3) is 24.1 Å². The van der Waals surface area contributed by atoms with E-state index in [-0.39, 0.29) is 47.3 Å². The summed E-state index contributed by atoms with van der Waals surface area (Å²) in [4.78, 5) is 76.7. The molecule has 5 aliphatic rings. The van der Waals surface area contributed by atoms with Crippen LogP contribution >= 0.6 is 0 Å². The predicted molar refractivity (Wildman–Crippen MR) is 224 cm³/mol. The fraction of sp³-hybridized carbons (Fsp3) is 0.500. The first-order valence-corrected chi connectivity index (χ1v) is 21.7. The lowest BCUT2D eigenvalue weighted by atomic mass is 9.84. The van der Waals surface area contributed by atoms with E-state index in [1.807, 2.05) is 6.07 Å². The molecule has 3 aliphatic heterocycles. The molecule has 1 unspecified atom stereocenters. The van der Waals surface area contributed by atoms with Crippen molar-refractivity contribution in [1.82, 2.24) is 35.3 Å². The van der Waals surface area contributed by atoms with Crippen LogP contribution < -0.4 is 26.2 Å². The predicted octanol–water partition coefficient (Wildman–Crippen LogP) is 5.25. The van der Waals surface area contributed by atoms with E-state index in [0.29, 0.717) is 60.7 Å². The molecule has 1 atom stereocenters. The third-order valence-corrected chi connectivity index (χ3v) is 13.1. The van der Waals surface area contributed by atoms with E-state index in [2.05, 4.69) is 36.2 Å². The van der Waals surface area contributed by atoms with Gasteiger partial charge < -0.3 is 25.6 Å². The van der Waals surface area contributed by atoms with Crippen LogP contribution in [0, 0.1) is 11.8 Å². The van der Waals surface area contributed by atoms with Gasteiger partial charge in [-0.3, -0.25) is 43.9 Å². The van der Waals surface area contributed by atoms with E-state index >= 15 is 0 Å². The summed E-state index contributed by atoms with van der Waals surface area (Å²) in [5.41, 5.74) is 1.82. The number of anilines is 3. The van der Waals surface area contributed by atoms with Crippen LogP contribution in [0.15, 0.2) is 48.8 Å². The number of pyridine rings is 2. The first kappa shape index (κ1) is 41.5. The summed E-state index contributed by atoms with van der Waals surface area (Å²) in [6.07, 6.45) is 7.55. The Morgan fingerprint density at radius 1 is 0.871 bits per heavy atom. The highest BCUT2D eigenvalue weighted by atomic mass is 19.3. The molecule has 1 aromatic carbocycles. The topological polar surface area (TPSA) is 193 Å². The number of nitrogens with zero attached hydrogens (tertiary/aromatic N) is 6. The summed E-state index contributed by atoms with van der Waals surface area (Å²) in [5, 5.41) is 16.4. The molecule has 18 heteroatoms. The maximum Gasteiger partial charge on any atom is 0.284 e. The van der Waals surface area contributed by atoms with Gasteiger partial charge in [0.1, 0.15) is 17.4 Å². The Morgan fingerprint density at radius 3 is 2.34 bits per heavy atom. The number of amides is 5. The first-order chi connectivity index (χ1) is 30.1. The van der Waals surface area contributed by atoms with Crippen LogP contribution in [0.3, 0.4) is 0 Å². The van der Waals surface area contributed by atoms with Crippen molar-refractivity contribution in [3.8, 4) is 0 Å². The van der Waals surface area contributed by atoms with Crippen LogP contribution in [0.25, 0.3) is 11.0 Å². The van der Waals surface area contributed by atoms with Crippen molar-refractivity contribution in [3.63, 3.8) is 0 Å². The Morgan fingerprint density at radius 2 is 1.61 bits per heavy atom. The Hall–Kier alpha value is -5.88. The molecule has 326 valence electrons. The number of carbonyl (C=O) groups is 5. The van der Waals surface area contributed by atoms with Crippen LogP contribution in [0.2, 0.25) is 0 Å². The lowest BCUT2D eigenvalue weighted by molar-refractivity contribution is -0.136. The van der Waals surface area contributed by atoms with Gasteiger partial charge in [-0.15, -0.1) is 0 Å².